The first-order valence-electron chi connectivity index (χ1n) is 6.10. The van der Waals surface area contributed by atoms with Crippen molar-refractivity contribution in [3.63, 3.8) is 0 Å². The molecule has 0 radical (unpaired) electrons. The van der Waals surface area contributed by atoms with Crippen molar-refractivity contribution in [2.45, 2.75) is 32.9 Å². The van der Waals surface area contributed by atoms with E-state index < -0.39 is 6.55 Å². The minimum atomic E-state index is -2.56. The third-order valence-corrected chi connectivity index (χ3v) is 3.40. The fraction of sp³-hybridized carbons (Fsp3) is 0.667. The van der Waals surface area contributed by atoms with Crippen molar-refractivity contribution in [3.8, 4) is 0 Å². The van der Waals surface area contributed by atoms with Crippen molar-refractivity contribution in [2.24, 2.45) is 5.92 Å². The fourth-order valence-electron chi connectivity index (χ4n) is 2.38. The standard InChI is InChI=1S/C12H17F2N3O/c1-9(18)10-3-2-5-16(7-10)8-11-15-4-6-17(11)12(13)14/h4,6,10,12H,2-3,5,7-8H2,1H3. The third-order valence-electron chi connectivity index (χ3n) is 3.40. The van der Waals surface area contributed by atoms with E-state index in [9.17, 15) is 13.6 Å². The van der Waals surface area contributed by atoms with Gasteiger partial charge in [-0.25, -0.2) is 4.98 Å². The number of alkyl halides is 2. The minimum Gasteiger partial charge on any atom is -0.300 e. The first-order chi connectivity index (χ1) is 8.58. The molecule has 1 aromatic rings. The number of carbonyl (C=O) groups excluding carboxylic acids is 1. The molecule has 100 valence electrons. The predicted octanol–water partition coefficient (Wildman–Crippen LogP) is 2.08. The summed E-state index contributed by atoms with van der Waals surface area (Å²) < 4.78 is 26.2. The van der Waals surface area contributed by atoms with Crippen LogP contribution in [0.15, 0.2) is 12.4 Å². The van der Waals surface area contributed by atoms with Crippen LogP contribution in [0.3, 0.4) is 0 Å². The number of ketones is 1. The third kappa shape index (κ3) is 2.93. The van der Waals surface area contributed by atoms with Gasteiger partial charge in [-0.2, -0.15) is 8.78 Å². The van der Waals surface area contributed by atoms with Gasteiger partial charge < -0.3 is 0 Å². The molecule has 2 heterocycles. The molecule has 0 saturated carbocycles. The summed E-state index contributed by atoms with van der Waals surface area (Å²) in [5, 5.41) is 0. The number of carbonyl (C=O) groups is 1. The number of imidazole rings is 1. The van der Waals surface area contributed by atoms with E-state index in [1.165, 1.54) is 12.4 Å². The second-order valence-electron chi connectivity index (χ2n) is 4.71. The van der Waals surface area contributed by atoms with Gasteiger partial charge in [-0.3, -0.25) is 14.3 Å². The molecule has 1 atom stereocenters. The number of halogens is 2. The predicted molar refractivity (Wildman–Crippen MR) is 62.2 cm³/mol. The number of hydrogen-bond acceptors (Lipinski definition) is 3. The molecular weight excluding hydrogens is 240 g/mol. The molecule has 1 unspecified atom stereocenters. The lowest BCUT2D eigenvalue weighted by atomic mass is 9.95. The summed E-state index contributed by atoms with van der Waals surface area (Å²) in [5.41, 5.74) is 0. The van der Waals surface area contributed by atoms with Gasteiger partial charge in [-0.15, -0.1) is 0 Å². The summed E-state index contributed by atoms with van der Waals surface area (Å²) in [5.74, 6) is 0.569. The summed E-state index contributed by atoms with van der Waals surface area (Å²) >= 11 is 0. The zero-order valence-electron chi connectivity index (χ0n) is 10.4. The van der Waals surface area contributed by atoms with Gasteiger partial charge in [0.15, 0.2) is 0 Å². The highest BCUT2D eigenvalue weighted by molar-refractivity contribution is 5.78. The molecule has 1 aliphatic rings. The Kier molecular flexibility index (Phi) is 4.06. The van der Waals surface area contributed by atoms with Crippen LogP contribution >= 0.6 is 0 Å². The van der Waals surface area contributed by atoms with Gasteiger partial charge >= 0.3 is 6.55 Å². The molecule has 0 spiro atoms. The van der Waals surface area contributed by atoms with Crippen LogP contribution in [0.25, 0.3) is 0 Å². The zero-order valence-corrected chi connectivity index (χ0v) is 10.4. The topological polar surface area (TPSA) is 38.1 Å². The minimum absolute atomic E-state index is 0.0358. The molecule has 0 aliphatic carbocycles. The van der Waals surface area contributed by atoms with Gasteiger partial charge in [0.25, 0.3) is 0 Å². The van der Waals surface area contributed by atoms with Gasteiger partial charge in [-0.1, -0.05) is 0 Å². The lowest BCUT2D eigenvalue weighted by Gasteiger charge is -2.31. The summed E-state index contributed by atoms with van der Waals surface area (Å²) in [6, 6.07) is 0. The molecular formula is C12H17F2N3O. The largest absolute Gasteiger partial charge is 0.319 e. The maximum atomic E-state index is 12.7. The van der Waals surface area contributed by atoms with Crippen LogP contribution < -0.4 is 0 Å². The molecule has 4 nitrogen and oxygen atoms in total. The SMILES string of the molecule is CC(=O)C1CCCN(Cc2nccn2C(F)F)C1. The number of likely N-dealkylation sites (tertiary alicyclic amines) is 1. The van der Waals surface area contributed by atoms with Crippen molar-refractivity contribution >= 4 is 5.78 Å². The fourth-order valence-corrected chi connectivity index (χ4v) is 2.38. The van der Waals surface area contributed by atoms with Crippen molar-refractivity contribution in [2.75, 3.05) is 13.1 Å². The number of Topliss-reactive ketones (excluding diaryl/α,β-unsaturated/α-hetero) is 1. The number of nitrogens with zero attached hydrogens (tertiary/aromatic N) is 3. The summed E-state index contributed by atoms with van der Waals surface area (Å²) in [6.45, 7) is 0.886. The van der Waals surface area contributed by atoms with Crippen LogP contribution in [-0.4, -0.2) is 33.3 Å². The Bertz CT molecular complexity index is 419. The number of hydrogen-bond donors (Lipinski definition) is 0. The average Bonchev–Trinajstić information content (AvgIpc) is 2.77. The summed E-state index contributed by atoms with van der Waals surface area (Å²) in [4.78, 5) is 17.3. The second-order valence-corrected chi connectivity index (χ2v) is 4.71. The highest BCUT2D eigenvalue weighted by Crippen LogP contribution is 2.20. The van der Waals surface area contributed by atoms with E-state index in [4.69, 9.17) is 0 Å². The number of rotatable bonds is 4. The van der Waals surface area contributed by atoms with Crippen molar-refractivity contribution in [1.82, 2.24) is 14.5 Å². The Hall–Kier alpha value is -1.30. The van der Waals surface area contributed by atoms with Gasteiger partial charge in [0.05, 0.1) is 6.54 Å². The first-order valence-corrected chi connectivity index (χ1v) is 6.10. The Morgan fingerprint density at radius 1 is 1.61 bits per heavy atom. The number of piperidine rings is 1. The van der Waals surface area contributed by atoms with Crippen molar-refractivity contribution in [1.29, 1.82) is 0 Å². The zero-order chi connectivity index (χ0) is 13.1. The smallest absolute Gasteiger partial charge is 0.300 e. The maximum absolute atomic E-state index is 12.7. The molecule has 0 bridgehead atoms. The second kappa shape index (κ2) is 5.56. The van der Waals surface area contributed by atoms with Gasteiger partial charge in [-0.05, 0) is 26.3 Å². The summed E-state index contributed by atoms with van der Waals surface area (Å²) in [6.07, 6.45) is 4.50. The Morgan fingerprint density at radius 2 is 2.39 bits per heavy atom. The molecule has 0 aromatic carbocycles. The lowest BCUT2D eigenvalue weighted by molar-refractivity contribution is -0.122. The Labute approximate surface area is 105 Å². The van der Waals surface area contributed by atoms with E-state index in [1.807, 2.05) is 4.90 Å². The molecule has 6 heteroatoms. The highest BCUT2D eigenvalue weighted by Gasteiger charge is 2.24. The lowest BCUT2D eigenvalue weighted by Crippen LogP contribution is -2.38. The number of aromatic nitrogens is 2. The van der Waals surface area contributed by atoms with E-state index in [0.717, 1.165) is 24.0 Å². The molecule has 18 heavy (non-hydrogen) atoms. The Balaban J connectivity index is 2.00. The molecule has 1 aliphatic heterocycles. The van der Waals surface area contributed by atoms with Crippen LogP contribution in [0.4, 0.5) is 8.78 Å². The van der Waals surface area contributed by atoms with Crippen LogP contribution in [0, 0.1) is 5.92 Å². The van der Waals surface area contributed by atoms with Crippen molar-refractivity contribution in [3.05, 3.63) is 18.2 Å². The molecule has 0 N–H and O–H groups in total. The monoisotopic (exact) mass is 257 g/mol. The maximum Gasteiger partial charge on any atom is 0.319 e. The molecule has 1 aromatic heterocycles. The summed E-state index contributed by atoms with van der Waals surface area (Å²) in [7, 11) is 0. The highest BCUT2D eigenvalue weighted by atomic mass is 19.3. The van der Waals surface area contributed by atoms with E-state index in [2.05, 4.69) is 4.98 Å². The van der Waals surface area contributed by atoms with E-state index in [-0.39, 0.29) is 11.7 Å². The normalized spacial score (nSPS) is 21.4. The van der Waals surface area contributed by atoms with E-state index in [1.54, 1.807) is 6.92 Å². The molecule has 1 fully saturated rings. The van der Waals surface area contributed by atoms with E-state index >= 15 is 0 Å². The Morgan fingerprint density at radius 3 is 3.06 bits per heavy atom. The molecule has 0 amide bonds. The van der Waals surface area contributed by atoms with Gasteiger partial charge in [0.1, 0.15) is 11.6 Å². The molecule has 1 saturated heterocycles. The van der Waals surface area contributed by atoms with Crippen LogP contribution in [0.5, 0.6) is 0 Å². The van der Waals surface area contributed by atoms with Gasteiger partial charge in [0.2, 0.25) is 0 Å². The molecule has 2 rings (SSSR count). The van der Waals surface area contributed by atoms with Crippen LogP contribution in [0.1, 0.15) is 32.1 Å². The van der Waals surface area contributed by atoms with Crippen LogP contribution in [0.2, 0.25) is 0 Å². The van der Waals surface area contributed by atoms with E-state index in [0.29, 0.717) is 18.9 Å². The van der Waals surface area contributed by atoms with Crippen molar-refractivity contribution < 1.29 is 13.6 Å². The average molecular weight is 257 g/mol. The van der Waals surface area contributed by atoms with Crippen LogP contribution in [-0.2, 0) is 11.3 Å². The first kappa shape index (κ1) is 13.1. The quantitative estimate of drug-likeness (QED) is 0.829. The van der Waals surface area contributed by atoms with Gasteiger partial charge in [0, 0.05) is 24.9 Å².